The van der Waals surface area contributed by atoms with Crippen LogP contribution in [0.4, 0.5) is 10.1 Å². The molecule has 0 N–H and O–H groups in total. The first-order chi connectivity index (χ1) is 14.8. The van der Waals surface area contributed by atoms with Gasteiger partial charge in [-0.15, -0.1) is 0 Å². The highest BCUT2D eigenvalue weighted by atomic mass is 19.1. The molecule has 2 aromatic heterocycles. The van der Waals surface area contributed by atoms with Crippen LogP contribution in [0.2, 0.25) is 0 Å². The van der Waals surface area contributed by atoms with Gasteiger partial charge in [-0.1, -0.05) is 0 Å². The highest BCUT2D eigenvalue weighted by molar-refractivity contribution is 5.96. The lowest BCUT2D eigenvalue weighted by Crippen LogP contribution is -2.49. The van der Waals surface area contributed by atoms with E-state index in [0.29, 0.717) is 49.5 Å². The van der Waals surface area contributed by atoms with Gasteiger partial charge in [-0.2, -0.15) is 0 Å². The quantitative estimate of drug-likeness (QED) is 0.581. The zero-order chi connectivity index (χ0) is 22.1. The number of furan rings is 1. The number of ketones is 1. The predicted octanol–water partition coefficient (Wildman–Crippen LogP) is 4.05. The van der Waals surface area contributed by atoms with Crippen molar-refractivity contribution in [1.82, 2.24) is 9.47 Å². The summed E-state index contributed by atoms with van der Waals surface area (Å²) in [5.74, 6) is 0.262. The number of benzene rings is 1. The molecule has 4 rings (SSSR count). The van der Waals surface area contributed by atoms with Crippen molar-refractivity contribution >= 4 is 17.4 Å². The third-order valence-corrected chi connectivity index (χ3v) is 5.96. The molecule has 1 aliphatic heterocycles. The molecule has 0 saturated carbocycles. The molecule has 1 saturated heterocycles. The van der Waals surface area contributed by atoms with Crippen LogP contribution in [0.15, 0.2) is 47.1 Å². The molecular formula is C24H26FN3O3. The summed E-state index contributed by atoms with van der Waals surface area (Å²) in [6.45, 7) is 8.03. The predicted molar refractivity (Wildman–Crippen MR) is 116 cm³/mol. The van der Waals surface area contributed by atoms with Crippen LogP contribution in [-0.4, -0.2) is 47.3 Å². The van der Waals surface area contributed by atoms with Crippen molar-refractivity contribution in [2.45, 2.75) is 27.3 Å². The average molecular weight is 423 g/mol. The largest absolute Gasteiger partial charge is 0.467 e. The second-order valence-corrected chi connectivity index (χ2v) is 7.95. The van der Waals surface area contributed by atoms with Gasteiger partial charge in [0.1, 0.15) is 11.6 Å². The molecule has 3 aromatic rings. The Bertz CT molecular complexity index is 1110. The number of Topliss-reactive ketones (excluding diaryl/α,β-unsaturated/α-hetero) is 1. The van der Waals surface area contributed by atoms with Gasteiger partial charge in [0.05, 0.1) is 24.1 Å². The summed E-state index contributed by atoms with van der Waals surface area (Å²) in [6.07, 6.45) is 1.64. The molecule has 0 aliphatic carbocycles. The summed E-state index contributed by atoms with van der Waals surface area (Å²) < 4.78 is 22.0. The Morgan fingerprint density at radius 2 is 1.81 bits per heavy atom. The molecule has 1 amide bonds. The lowest BCUT2D eigenvalue weighted by atomic mass is 10.1. The van der Waals surface area contributed by atoms with Crippen LogP contribution >= 0.6 is 0 Å². The summed E-state index contributed by atoms with van der Waals surface area (Å²) in [4.78, 5) is 28.4. The fourth-order valence-electron chi connectivity index (χ4n) is 4.12. The third-order valence-electron chi connectivity index (χ3n) is 5.96. The minimum Gasteiger partial charge on any atom is -0.467 e. The maximum Gasteiger partial charge on any atom is 0.255 e. The minimum absolute atomic E-state index is 0.00848. The van der Waals surface area contributed by atoms with Gasteiger partial charge >= 0.3 is 0 Å². The Hall–Kier alpha value is -3.35. The Morgan fingerprint density at radius 3 is 2.42 bits per heavy atom. The summed E-state index contributed by atoms with van der Waals surface area (Å²) in [5, 5.41) is 0. The molecule has 0 spiro atoms. The second kappa shape index (κ2) is 8.41. The highest BCUT2D eigenvalue weighted by Gasteiger charge is 2.26. The van der Waals surface area contributed by atoms with Gasteiger partial charge in [0.25, 0.3) is 5.91 Å². The standard InChI is InChI=1S/C24H26FN3O3/c1-16-13-21(17(2)28(16)15-20-5-4-12-31-20)24(30)27-10-8-26(9-11-27)23-7-6-19(18(3)29)14-22(23)25/h4-7,12-14H,8-11,15H2,1-3H3. The summed E-state index contributed by atoms with van der Waals surface area (Å²) >= 11 is 0. The zero-order valence-corrected chi connectivity index (χ0v) is 18.0. The molecule has 0 atom stereocenters. The number of anilines is 1. The van der Waals surface area contributed by atoms with Gasteiger partial charge in [0.15, 0.2) is 5.78 Å². The Balaban J connectivity index is 1.45. The van der Waals surface area contributed by atoms with Crippen LogP contribution < -0.4 is 4.90 Å². The molecule has 1 aromatic carbocycles. The monoisotopic (exact) mass is 423 g/mol. The Labute approximate surface area is 180 Å². The van der Waals surface area contributed by atoms with E-state index in [1.165, 1.54) is 13.0 Å². The van der Waals surface area contributed by atoms with Crippen molar-refractivity contribution < 1.29 is 18.4 Å². The maximum absolute atomic E-state index is 14.5. The number of halogens is 1. The first kappa shape index (κ1) is 20.9. The zero-order valence-electron chi connectivity index (χ0n) is 18.0. The lowest BCUT2D eigenvalue weighted by Gasteiger charge is -2.36. The number of aromatic nitrogens is 1. The SMILES string of the molecule is CC(=O)c1ccc(N2CCN(C(=O)c3cc(C)n(Cc4ccco4)c3C)CC2)c(F)c1. The number of piperazine rings is 1. The van der Waals surface area contributed by atoms with Crippen molar-refractivity contribution in [2.24, 2.45) is 0 Å². The van der Waals surface area contributed by atoms with E-state index >= 15 is 0 Å². The number of hydrogen-bond donors (Lipinski definition) is 0. The average Bonchev–Trinajstić information content (AvgIpc) is 3.37. The second-order valence-electron chi connectivity index (χ2n) is 7.95. The number of hydrogen-bond acceptors (Lipinski definition) is 4. The summed E-state index contributed by atoms with van der Waals surface area (Å²) in [5.41, 5.74) is 3.43. The molecule has 1 aliphatic rings. The van der Waals surface area contributed by atoms with Crippen molar-refractivity contribution in [1.29, 1.82) is 0 Å². The molecule has 0 bridgehead atoms. The first-order valence-corrected chi connectivity index (χ1v) is 10.4. The van der Waals surface area contributed by atoms with E-state index in [2.05, 4.69) is 4.57 Å². The van der Waals surface area contributed by atoms with Crippen LogP contribution in [0.1, 0.15) is 44.8 Å². The van der Waals surface area contributed by atoms with Crippen molar-refractivity contribution in [3.8, 4) is 0 Å². The van der Waals surface area contributed by atoms with E-state index in [4.69, 9.17) is 4.42 Å². The van der Waals surface area contributed by atoms with E-state index in [1.54, 1.807) is 18.4 Å². The van der Waals surface area contributed by atoms with Gasteiger partial charge in [0, 0.05) is 43.1 Å². The van der Waals surface area contributed by atoms with Crippen LogP contribution in [-0.2, 0) is 6.54 Å². The number of carbonyl (C=O) groups is 2. The smallest absolute Gasteiger partial charge is 0.255 e. The van der Waals surface area contributed by atoms with Crippen molar-refractivity contribution in [2.75, 3.05) is 31.1 Å². The van der Waals surface area contributed by atoms with E-state index in [9.17, 15) is 14.0 Å². The van der Waals surface area contributed by atoms with E-state index in [-0.39, 0.29) is 11.7 Å². The molecule has 1 fully saturated rings. The molecule has 0 unspecified atom stereocenters. The molecule has 7 heteroatoms. The molecular weight excluding hydrogens is 397 g/mol. The van der Waals surface area contributed by atoms with Gasteiger partial charge in [-0.25, -0.2) is 4.39 Å². The van der Waals surface area contributed by atoms with Crippen LogP contribution in [0.25, 0.3) is 0 Å². The lowest BCUT2D eigenvalue weighted by molar-refractivity contribution is 0.0745. The summed E-state index contributed by atoms with van der Waals surface area (Å²) in [6, 6.07) is 10.3. The Kier molecular flexibility index (Phi) is 5.67. The number of amides is 1. The van der Waals surface area contributed by atoms with E-state index in [0.717, 1.165) is 17.1 Å². The minimum atomic E-state index is -0.408. The number of rotatable bonds is 5. The highest BCUT2D eigenvalue weighted by Crippen LogP contribution is 2.24. The maximum atomic E-state index is 14.5. The number of carbonyl (C=O) groups excluding carboxylic acids is 2. The van der Waals surface area contributed by atoms with E-state index < -0.39 is 5.82 Å². The topological polar surface area (TPSA) is 58.7 Å². The normalized spacial score (nSPS) is 14.2. The van der Waals surface area contributed by atoms with Crippen molar-refractivity contribution in [3.63, 3.8) is 0 Å². The first-order valence-electron chi connectivity index (χ1n) is 10.4. The Morgan fingerprint density at radius 1 is 1.06 bits per heavy atom. The van der Waals surface area contributed by atoms with Crippen LogP contribution in [0.5, 0.6) is 0 Å². The van der Waals surface area contributed by atoms with E-state index in [1.807, 2.05) is 41.8 Å². The number of nitrogens with zero attached hydrogens (tertiary/aromatic N) is 3. The molecule has 0 radical (unpaired) electrons. The molecule has 3 heterocycles. The summed E-state index contributed by atoms with van der Waals surface area (Å²) in [7, 11) is 0. The molecule has 31 heavy (non-hydrogen) atoms. The van der Waals surface area contributed by atoms with Gasteiger partial charge in [0.2, 0.25) is 0 Å². The third kappa shape index (κ3) is 4.13. The van der Waals surface area contributed by atoms with Crippen molar-refractivity contribution in [3.05, 3.63) is 76.8 Å². The molecule has 162 valence electrons. The van der Waals surface area contributed by atoms with Crippen LogP contribution in [0.3, 0.4) is 0 Å². The molecule has 6 nitrogen and oxygen atoms in total. The number of aryl methyl sites for hydroxylation is 1. The fraction of sp³-hybridized carbons (Fsp3) is 0.333. The fourth-order valence-corrected chi connectivity index (χ4v) is 4.12. The van der Waals surface area contributed by atoms with Crippen LogP contribution in [0, 0.1) is 19.7 Å². The van der Waals surface area contributed by atoms with Gasteiger partial charge in [-0.3, -0.25) is 9.59 Å². The van der Waals surface area contributed by atoms with Gasteiger partial charge in [-0.05, 0) is 57.2 Å². The van der Waals surface area contributed by atoms with Gasteiger partial charge < -0.3 is 18.8 Å².